The van der Waals surface area contributed by atoms with Gasteiger partial charge in [0.05, 0.1) is 0 Å². The second kappa shape index (κ2) is 4.56. The molecule has 1 aliphatic rings. The average Bonchev–Trinajstić information content (AvgIpc) is 2.22. The van der Waals surface area contributed by atoms with E-state index in [1.807, 2.05) is 18.2 Å². The van der Waals surface area contributed by atoms with Gasteiger partial charge in [0.15, 0.2) is 0 Å². The van der Waals surface area contributed by atoms with Crippen LogP contribution >= 0.6 is 0 Å². The fourth-order valence-corrected chi connectivity index (χ4v) is 2.17. The molecule has 0 aromatic heterocycles. The van der Waals surface area contributed by atoms with E-state index in [9.17, 15) is 4.79 Å². The number of nitrogens with zero attached hydrogens (tertiary/aromatic N) is 1. The second-order valence-electron chi connectivity index (χ2n) is 4.53. The zero-order valence-corrected chi connectivity index (χ0v) is 9.52. The van der Waals surface area contributed by atoms with Crippen molar-refractivity contribution >= 4 is 11.7 Å². The zero-order chi connectivity index (χ0) is 11.5. The molecule has 1 aromatic carbocycles. The van der Waals surface area contributed by atoms with Crippen molar-refractivity contribution in [2.75, 3.05) is 18.0 Å². The van der Waals surface area contributed by atoms with Crippen molar-refractivity contribution in [2.45, 2.75) is 19.8 Å². The van der Waals surface area contributed by atoms with Crippen LogP contribution in [0.15, 0.2) is 24.3 Å². The molecule has 0 amide bonds. The van der Waals surface area contributed by atoms with E-state index >= 15 is 0 Å². The predicted octanol–water partition coefficient (Wildman–Crippen LogP) is 2.16. The van der Waals surface area contributed by atoms with E-state index in [1.54, 1.807) is 0 Å². The molecule has 0 bridgehead atoms. The molecule has 0 saturated carbocycles. The SMILES string of the molecule is CC1CN(c2ccccc2CCC(=O)O)C1. The Morgan fingerprint density at radius 3 is 2.75 bits per heavy atom. The van der Waals surface area contributed by atoms with Crippen molar-refractivity contribution < 1.29 is 9.90 Å². The van der Waals surface area contributed by atoms with E-state index in [1.165, 1.54) is 5.69 Å². The Kier molecular flexibility index (Phi) is 3.13. The molecule has 16 heavy (non-hydrogen) atoms. The third kappa shape index (κ3) is 2.35. The van der Waals surface area contributed by atoms with Crippen LogP contribution in [0.25, 0.3) is 0 Å². The minimum absolute atomic E-state index is 0.209. The molecular weight excluding hydrogens is 202 g/mol. The summed E-state index contributed by atoms with van der Waals surface area (Å²) in [6.07, 6.45) is 0.830. The Balaban J connectivity index is 2.08. The highest BCUT2D eigenvalue weighted by molar-refractivity contribution is 5.68. The number of carboxylic acid groups (broad SMARTS) is 1. The van der Waals surface area contributed by atoms with Crippen LogP contribution in [0.3, 0.4) is 0 Å². The Labute approximate surface area is 95.7 Å². The number of aryl methyl sites for hydroxylation is 1. The summed E-state index contributed by atoms with van der Waals surface area (Å²) in [6, 6.07) is 8.11. The molecule has 1 fully saturated rings. The summed E-state index contributed by atoms with van der Waals surface area (Å²) < 4.78 is 0. The van der Waals surface area contributed by atoms with Crippen molar-refractivity contribution in [2.24, 2.45) is 5.92 Å². The normalized spacial score (nSPS) is 15.9. The molecule has 0 unspecified atom stereocenters. The average molecular weight is 219 g/mol. The van der Waals surface area contributed by atoms with Crippen LogP contribution in [0.1, 0.15) is 18.9 Å². The van der Waals surface area contributed by atoms with Crippen LogP contribution in [-0.4, -0.2) is 24.2 Å². The van der Waals surface area contributed by atoms with Crippen LogP contribution in [0.4, 0.5) is 5.69 Å². The lowest BCUT2D eigenvalue weighted by Gasteiger charge is -2.40. The van der Waals surface area contributed by atoms with E-state index in [0.717, 1.165) is 24.6 Å². The molecule has 0 spiro atoms. The van der Waals surface area contributed by atoms with Crippen molar-refractivity contribution in [3.8, 4) is 0 Å². The largest absolute Gasteiger partial charge is 0.481 e. The molecule has 3 nitrogen and oxygen atoms in total. The molecule has 2 rings (SSSR count). The lowest BCUT2D eigenvalue weighted by atomic mass is 9.98. The molecule has 1 aliphatic heterocycles. The summed E-state index contributed by atoms with van der Waals surface area (Å²) in [6.45, 7) is 4.41. The molecular formula is C13H17NO2. The summed E-state index contributed by atoms with van der Waals surface area (Å²) in [4.78, 5) is 12.9. The first-order valence-electron chi connectivity index (χ1n) is 5.71. The van der Waals surface area contributed by atoms with Gasteiger partial charge in [-0.15, -0.1) is 0 Å². The van der Waals surface area contributed by atoms with Crippen molar-refractivity contribution in [3.63, 3.8) is 0 Å². The minimum Gasteiger partial charge on any atom is -0.481 e. The first-order chi connectivity index (χ1) is 7.66. The van der Waals surface area contributed by atoms with Gasteiger partial charge in [-0.1, -0.05) is 25.1 Å². The smallest absolute Gasteiger partial charge is 0.303 e. The number of hydrogen-bond acceptors (Lipinski definition) is 2. The van der Waals surface area contributed by atoms with Crippen molar-refractivity contribution in [1.82, 2.24) is 0 Å². The maximum absolute atomic E-state index is 10.6. The molecule has 1 N–H and O–H groups in total. The third-order valence-corrected chi connectivity index (χ3v) is 3.00. The predicted molar refractivity (Wildman–Crippen MR) is 63.8 cm³/mol. The van der Waals surface area contributed by atoms with E-state index in [4.69, 9.17) is 5.11 Å². The first-order valence-corrected chi connectivity index (χ1v) is 5.71. The van der Waals surface area contributed by atoms with Gasteiger partial charge in [-0.2, -0.15) is 0 Å². The number of anilines is 1. The summed E-state index contributed by atoms with van der Waals surface area (Å²) in [7, 11) is 0. The lowest BCUT2D eigenvalue weighted by Crippen LogP contribution is -2.45. The standard InChI is InChI=1S/C13H17NO2/c1-10-8-14(9-10)12-5-3-2-4-11(12)6-7-13(15)16/h2-5,10H,6-9H2,1H3,(H,15,16). The zero-order valence-electron chi connectivity index (χ0n) is 9.52. The van der Waals surface area contributed by atoms with Crippen molar-refractivity contribution in [3.05, 3.63) is 29.8 Å². The maximum atomic E-state index is 10.6. The fraction of sp³-hybridized carbons (Fsp3) is 0.462. The third-order valence-electron chi connectivity index (χ3n) is 3.00. The van der Waals surface area contributed by atoms with Gasteiger partial charge in [0.25, 0.3) is 0 Å². The molecule has 0 aliphatic carbocycles. The van der Waals surface area contributed by atoms with E-state index in [-0.39, 0.29) is 6.42 Å². The molecule has 0 radical (unpaired) electrons. The lowest BCUT2D eigenvalue weighted by molar-refractivity contribution is -0.136. The van der Waals surface area contributed by atoms with Gasteiger partial charge >= 0.3 is 5.97 Å². The van der Waals surface area contributed by atoms with Gasteiger partial charge in [-0.05, 0) is 24.0 Å². The van der Waals surface area contributed by atoms with Gasteiger partial charge in [0.1, 0.15) is 0 Å². The number of aliphatic carboxylic acids is 1. The topological polar surface area (TPSA) is 40.5 Å². The van der Waals surface area contributed by atoms with Gasteiger partial charge in [0.2, 0.25) is 0 Å². The number of hydrogen-bond donors (Lipinski definition) is 1. The quantitative estimate of drug-likeness (QED) is 0.843. The Morgan fingerprint density at radius 1 is 1.44 bits per heavy atom. The number of carbonyl (C=O) groups is 1. The van der Waals surface area contributed by atoms with Gasteiger partial charge < -0.3 is 10.0 Å². The van der Waals surface area contributed by atoms with Crippen LogP contribution in [-0.2, 0) is 11.2 Å². The number of rotatable bonds is 4. The molecule has 1 saturated heterocycles. The Hall–Kier alpha value is -1.51. The summed E-state index contributed by atoms with van der Waals surface area (Å²) in [5, 5.41) is 8.70. The summed E-state index contributed by atoms with van der Waals surface area (Å²) >= 11 is 0. The molecule has 1 aromatic rings. The second-order valence-corrected chi connectivity index (χ2v) is 4.53. The maximum Gasteiger partial charge on any atom is 0.303 e. The minimum atomic E-state index is -0.730. The monoisotopic (exact) mass is 219 g/mol. The van der Waals surface area contributed by atoms with E-state index < -0.39 is 5.97 Å². The molecule has 3 heteroatoms. The van der Waals surface area contributed by atoms with Crippen LogP contribution < -0.4 is 4.90 Å². The summed E-state index contributed by atoms with van der Waals surface area (Å²) in [5.41, 5.74) is 2.36. The highest BCUT2D eigenvalue weighted by Gasteiger charge is 2.24. The Bertz CT molecular complexity index is 383. The van der Waals surface area contributed by atoms with E-state index in [2.05, 4.69) is 17.9 Å². The number of carboxylic acids is 1. The van der Waals surface area contributed by atoms with Crippen LogP contribution in [0, 0.1) is 5.92 Å². The van der Waals surface area contributed by atoms with E-state index in [0.29, 0.717) is 6.42 Å². The molecule has 86 valence electrons. The van der Waals surface area contributed by atoms with Crippen molar-refractivity contribution in [1.29, 1.82) is 0 Å². The van der Waals surface area contributed by atoms with Gasteiger partial charge in [-0.3, -0.25) is 4.79 Å². The summed E-state index contributed by atoms with van der Waals surface area (Å²) in [5.74, 6) is 0.0271. The Morgan fingerprint density at radius 2 is 2.12 bits per heavy atom. The van der Waals surface area contributed by atoms with Gasteiger partial charge in [0, 0.05) is 25.2 Å². The van der Waals surface area contributed by atoms with Crippen LogP contribution in [0.5, 0.6) is 0 Å². The van der Waals surface area contributed by atoms with Crippen LogP contribution in [0.2, 0.25) is 0 Å². The van der Waals surface area contributed by atoms with Gasteiger partial charge in [-0.25, -0.2) is 0 Å². The highest BCUT2D eigenvalue weighted by Crippen LogP contribution is 2.28. The first kappa shape index (κ1) is 11.0. The molecule has 1 heterocycles. The molecule has 0 atom stereocenters. The number of benzene rings is 1. The number of para-hydroxylation sites is 1. The highest BCUT2D eigenvalue weighted by atomic mass is 16.4. The fourth-order valence-electron chi connectivity index (χ4n) is 2.17.